The molecule has 0 saturated carbocycles. The van der Waals surface area contributed by atoms with Crippen molar-refractivity contribution in [3.8, 4) is 0 Å². The molecule has 0 aliphatic rings. The number of thioether (sulfide) groups is 1. The number of nitrogens with zero attached hydrogens (tertiary/aromatic N) is 2. The summed E-state index contributed by atoms with van der Waals surface area (Å²) in [5.41, 5.74) is 1.14. The number of carbonyl (C=O) groups is 1. The molecule has 0 spiro atoms. The fraction of sp³-hybridized carbons (Fsp3) is 0.500. The number of hydrogen-bond donors (Lipinski definition) is 2. The standard InChI is InChI=1S/C16H22N4O3S/c1-5-6-10-7-12(21)19-15(17-10)24-9-13(22)18-14-8-11(20-23-14)16(2,3)4/h7-8H,5-6,9H2,1-4H3,(H,18,22)(H,17,19,21). The van der Waals surface area contributed by atoms with Crippen molar-refractivity contribution in [1.29, 1.82) is 0 Å². The van der Waals surface area contributed by atoms with Crippen LogP contribution >= 0.6 is 11.8 Å². The second kappa shape index (κ2) is 7.65. The summed E-state index contributed by atoms with van der Waals surface area (Å²) in [4.78, 5) is 30.5. The number of aromatic nitrogens is 3. The average molecular weight is 350 g/mol. The maximum atomic E-state index is 12.0. The van der Waals surface area contributed by atoms with E-state index in [1.54, 1.807) is 6.07 Å². The van der Waals surface area contributed by atoms with Gasteiger partial charge >= 0.3 is 0 Å². The Bertz CT molecular complexity index is 761. The van der Waals surface area contributed by atoms with Crippen LogP contribution in [0.3, 0.4) is 0 Å². The quantitative estimate of drug-likeness (QED) is 0.614. The largest absolute Gasteiger partial charge is 0.338 e. The third-order valence-corrected chi connectivity index (χ3v) is 4.03. The Balaban J connectivity index is 1.94. The van der Waals surface area contributed by atoms with E-state index in [0.717, 1.165) is 24.2 Å². The molecule has 0 atom stereocenters. The molecule has 0 radical (unpaired) electrons. The van der Waals surface area contributed by atoms with Crippen molar-refractivity contribution in [1.82, 2.24) is 15.1 Å². The van der Waals surface area contributed by atoms with Crippen LogP contribution in [0.2, 0.25) is 0 Å². The van der Waals surface area contributed by atoms with Crippen molar-refractivity contribution in [2.75, 3.05) is 11.1 Å². The number of aryl methyl sites for hydroxylation is 1. The number of amides is 1. The summed E-state index contributed by atoms with van der Waals surface area (Å²) < 4.78 is 5.12. The van der Waals surface area contributed by atoms with Gasteiger partial charge in [0.25, 0.3) is 5.56 Å². The molecule has 0 aromatic carbocycles. The average Bonchev–Trinajstić information content (AvgIpc) is 2.93. The van der Waals surface area contributed by atoms with E-state index in [1.807, 2.05) is 27.7 Å². The molecule has 1 amide bonds. The van der Waals surface area contributed by atoms with Gasteiger partial charge in [0.2, 0.25) is 11.8 Å². The fourth-order valence-corrected chi connectivity index (χ4v) is 2.63. The van der Waals surface area contributed by atoms with E-state index in [0.29, 0.717) is 11.0 Å². The van der Waals surface area contributed by atoms with Gasteiger partial charge in [-0.25, -0.2) is 4.98 Å². The minimum Gasteiger partial charge on any atom is -0.338 e. The van der Waals surface area contributed by atoms with Gasteiger partial charge in [-0.05, 0) is 6.42 Å². The second-order valence-corrected chi connectivity index (χ2v) is 7.42. The van der Waals surface area contributed by atoms with Gasteiger partial charge in [0.05, 0.1) is 11.4 Å². The van der Waals surface area contributed by atoms with E-state index in [9.17, 15) is 9.59 Å². The van der Waals surface area contributed by atoms with Gasteiger partial charge in [-0.15, -0.1) is 0 Å². The molecular formula is C16H22N4O3S. The highest BCUT2D eigenvalue weighted by atomic mass is 32.2. The van der Waals surface area contributed by atoms with Crippen molar-refractivity contribution in [2.45, 2.75) is 51.1 Å². The molecule has 2 rings (SSSR count). The maximum absolute atomic E-state index is 12.0. The van der Waals surface area contributed by atoms with Crippen LogP contribution in [-0.2, 0) is 16.6 Å². The van der Waals surface area contributed by atoms with Crippen LogP contribution in [0, 0.1) is 0 Å². The van der Waals surface area contributed by atoms with E-state index in [1.165, 1.54) is 17.8 Å². The van der Waals surface area contributed by atoms with Gasteiger partial charge in [0.1, 0.15) is 0 Å². The smallest absolute Gasteiger partial charge is 0.251 e. The van der Waals surface area contributed by atoms with E-state index in [-0.39, 0.29) is 22.6 Å². The predicted octanol–water partition coefficient (Wildman–Crippen LogP) is 2.74. The van der Waals surface area contributed by atoms with E-state index < -0.39 is 0 Å². The first-order valence-electron chi connectivity index (χ1n) is 7.78. The number of aromatic amines is 1. The van der Waals surface area contributed by atoms with Crippen LogP contribution in [0.1, 0.15) is 45.5 Å². The first-order valence-corrected chi connectivity index (χ1v) is 8.76. The first-order chi connectivity index (χ1) is 11.3. The Kier molecular flexibility index (Phi) is 5.82. The number of rotatable bonds is 6. The van der Waals surface area contributed by atoms with E-state index >= 15 is 0 Å². The summed E-state index contributed by atoms with van der Waals surface area (Å²) >= 11 is 1.17. The molecule has 2 aromatic rings. The van der Waals surface area contributed by atoms with Crippen molar-refractivity contribution in [2.24, 2.45) is 0 Å². The van der Waals surface area contributed by atoms with Crippen LogP contribution in [-0.4, -0.2) is 26.8 Å². The lowest BCUT2D eigenvalue weighted by Crippen LogP contribution is -2.15. The molecular weight excluding hydrogens is 328 g/mol. The molecule has 2 heterocycles. The number of nitrogens with one attached hydrogen (secondary N) is 2. The van der Waals surface area contributed by atoms with Gasteiger partial charge in [0.15, 0.2) is 5.16 Å². The zero-order valence-electron chi connectivity index (χ0n) is 14.3. The van der Waals surface area contributed by atoms with Crippen LogP contribution < -0.4 is 10.9 Å². The SMILES string of the molecule is CCCc1cc(=O)[nH]c(SCC(=O)Nc2cc(C(C)(C)C)no2)n1. The fourth-order valence-electron chi connectivity index (χ4n) is 1.93. The third kappa shape index (κ3) is 5.23. The zero-order chi connectivity index (χ0) is 17.7. The summed E-state index contributed by atoms with van der Waals surface area (Å²) in [7, 11) is 0. The van der Waals surface area contributed by atoms with Crippen molar-refractivity contribution in [3.05, 3.63) is 33.9 Å². The van der Waals surface area contributed by atoms with Gasteiger partial charge in [-0.2, -0.15) is 0 Å². The van der Waals surface area contributed by atoms with E-state index in [2.05, 4.69) is 20.4 Å². The molecule has 0 unspecified atom stereocenters. The molecule has 2 N–H and O–H groups in total. The van der Waals surface area contributed by atoms with E-state index in [4.69, 9.17) is 4.52 Å². The number of anilines is 1. The Morgan fingerprint density at radius 3 is 2.75 bits per heavy atom. The molecule has 0 bridgehead atoms. The minimum absolute atomic E-state index is 0.115. The summed E-state index contributed by atoms with van der Waals surface area (Å²) in [6.45, 7) is 8.05. The van der Waals surface area contributed by atoms with Crippen LogP contribution in [0.4, 0.5) is 5.88 Å². The molecule has 24 heavy (non-hydrogen) atoms. The Hall–Kier alpha value is -2.09. The number of hydrogen-bond acceptors (Lipinski definition) is 6. The maximum Gasteiger partial charge on any atom is 0.251 e. The Morgan fingerprint density at radius 2 is 2.12 bits per heavy atom. The lowest BCUT2D eigenvalue weighted by atomic mass is 9.92. The summed E-state index contributed by atoms with van der Waals surface area (Å²) in [6.07, 6.45) is 1.64. The number of H-pyrrole nitrogens is 1. The molecule has 8 heteroatoms. The van der Waals surface area contributed by atoms with Crippen LogP contribution in [0.5, 0.6) is 0 Å². The summed E-state index contributed by atoms with van der Waals surface area (Å²) in [5.74, 6) is 0.177. The number of carbonyl (C=O) groups excluding carboxylic acids is 1. The van der Waals surface area contributed by atoms with Gasteiger partial charge in [-0.3, -0.25) is 14.9 Å². The Labute approximate surface area is 144 Å². The van der Waals surface area contributed by atoms with Crippen LogP contribution in [0.25, 0.3) is 0 Å². The monoisotopic (exact) mass is 350 g/mol. The molecule has 0 aliphatic heterocycles. The second-order valence-electron chi connectivity index (χ2n) is 6.46. The minimum atomic E-state index is -0.250. The van der Waals surface area contributed by atoms with Gasteiger partial charge in [-0.1, -0.05) is 51.0 Å². The molecule has 7 nitrogen and oxygen atoms in total. The van der Waals surface area contributed by atoms with Crippen molar-refractivity contribution >= 4 is 23.6 Å². The van der Waals surface area contributed by atoms with Crippen molar-refractivity contribution in [3.63, 3.8) is 0 Å². The molecule has 0 fully saturated rings. The summed E-state index contributed by atoms with van der Waals surface area (Å²) in [5, 5.41) is 7.04. The highest BCUT2D eigenvalue weighted by Gasteiger charge is 2.19. The van der Waals surface area contributed by atoms with Crippen LogP contribution in [0.15, 0.2) is 26.6 Å². The van der Waals surface area contributed by atoms with Gasteiger partial charge in [0, 0.05) is 23.2 Å². The highest BCUT2D eigenvalue weighted by molar-refractivity contribution is 7.99. The normalized spacial score (nSPS) is 11.5. The highest BCUT2D eigenvalue weighted by Crippen LogP contribution is 2.23. The Morgan fingerprint density at radius 1 is 1.38 bits per heavy atom. The van der Waals surface area contributed by atoms with Crippen molar-refractivity contribution < 1.29 is 9.32 Å². The van der Waals surface area contributed by atoms with Gasteiger partial charge < -0.3 is 9.51 Å². The zero-order valence-corrected chi connectivity index (χ0v) is 15.1. The third-order valence-electron chi connectivity index (χ3n) is 3.16. The molecule has 2 aromatic heterocycles. The topological polar surface area (TPSA) is 101 Å². The summed E-state index contributed by atoms with van der Waals surface area (Å²) in [6, 6.07) is 3.20. The lowest BCUT2D eigenvalue weighted by molar-refractivity contribution is -0.113. The molecule has 0 saturated heterocycles. The predicted molar refractivity (Wildman–Crippen MR) is 93.4 cm³/mol. The molecule has 0 aliphatic carbocycles. The first kappa shape index (κ1) is 18.3. The molecule has 130 valence electrons. The lowest BCUT2D eigenvalue weighted by Gasteiger charge is -2.12.